The molecule has 1 N–H and O–H groups in total. The zero-order valence-corrected chi connectivity index (χ0v) is 9.92. The van der Waals surface area contributed by atoms with Crippen LogP contribution in [0.15, 0.2) is 12.1 Å². The van der Waals surface area contributed by atoms with E-state index >= 15 is 0 Å². The predicted octanol–water partition coefficient (Wildman–Crippen LogP) is 2.73. The molecular formula is C13H19NO. The normalized spacial score (nSPS) is 24.8. The quantitative estimate of drug-likeness (QED) is 0.801. The van der Waals surface area contributed by atoms with E-state index in [0.717, 1.165) is 5.75 Å². The highest BCUT2D eigenvalue weighted by molar-refractivity contribution is 5.43. The Morgan fingerprint density at radius 3 is 2.47 bits per heavy atom. The third-order valence-corrected chi connectivity index (χ3v) is 3.23. The summed E-state index contributed by atoms with van der Waals surface area (Å²) in [6.07, 6.45) is 1.24. The Balaban J connectivity index is 2.29. The molecule has 0 amide bonds. The third-order valence-electron chi connectivity index (χ3n) is 3.23. The fourth-order valence-corrected chi connectivity index (χ4v) is 2.30. The van der Waals surface area contributed by atoms with Crippen LogP contribution < -0.4 is 10.1 Å². The van der Waals surface area contributed by atoms with Gasteiger partial charge in [0.2, 0.25) is 0 Å². The van der Waals surface area contributed by atoms with Crippen LogP contribution in [0.3, 0.4) is 0 Å². The summed E-state index contributed by atoms with van der Waals surface area (Å²) >= 11 is 0. The number of methoxy groups -OCH3 is 1. The maximum absolute atomic E-state index is 5.31. The van der Waals surface area contributed by atoms with Crippen molar-refractivity contribution in [1.29, 1.82) is 0 Å². The van der Waals surface area contributed by atoms with E-state index in [4.69, 9.17) is 4.74 Å². The second-order valence-corrected chi connectivity index (χ2v) is 4.53. The van der Waals surface area contributed by atoms with E-state index in [1.807, 2.05) is 0 Å². The van der Waals surface area contributed by atoms with Crippen molar-refractivity contribution < 1.29 is 4.74 Å². The summed E-state index contributed by atoms with van der Waals surface area (Å²) in [4.78, 5) is 0. The monoisotopic (exact) mass is 205 g/mol. The topological polar surface area (TPSA) is 21.3 Å². The van der Waals surface area contributed by atoms with Crippen LogP contribution >= 0.6 is 0 Å². The Morgan fingerprint density at radius 2 is 1.93 bits per heavy atom. The van der Waals surface area contributed by atoms with Crippen LogP contribution in [-0.4, -0.2) is 13.2 Å². The number of ether oxygens (including phenoxy) is 1. The summed E-state index contributed by atoms with van der Waals surface area (Å²) in [5.41, 5.74) is 3.97. The van der Waals surface area contributed by atoms with Crippen molar-refractivity contribution in [3.63, 3.8) is 0 Å². The lowest BCUT2D eigenvalue weighted by molar-refractivity contribution is 0.286. The van der Waals surface area contributed by atoms with Gasteiger partial charge in [0.1, 0.15) is 5.75 Å². The smallest absolute Gasteiger partial charge is 0.122 e. The highest BCUT2D eigenvalue weighted by Crippen LogP contribution is 2.33. The Labute approximate surface area is 91.6 Å². The molecule has 0 aromatic heterocycles. The Hall–Kier alpha value is -1.02. The maximum Gasteiger partial charge on any atom is 0.122 e. The Bertz CT molecular complexity index is 367. The minimum Gasteiger partial charge on any atom is -0.496 e. The first-order valence-electron chi connectivity index (χ1n) is 5.53. The molecule has 1 aromatic rings. The van der Waals surface area contributed by atoms with Crippen LogP contribution in [0, 0.1) is 13.8 Å². The molecule has 0 spiro atoms. The molecule has 0 aliphatic carbocycles. The van der Waals surface area contributed by atoms with Crippen molar-refractivity contribution in [2.24, 2.45) is 0 Å². The van der Waals surface area contributed by atoms with Gasteiger partial charge in [-0.25, -0.2) is 0 Å². The average molecular weight is 205 g/mol. The van der Waals surface area contributed by atoms with Gasteiger partial charge in [0.05, 0.1) is 7.11 Å². The lowest BCUT2D eigenvalue weighted by Gasteiger charge is -2.36. The number of rotatable bonds is 2. The maximum atomic E-state index is 5.31. The van der Waals surface area contributed by atoms with Crippen molar-refractivity contribution in [2.75, 3.05) is 7.11 Å². The van der Waals surface area contributed by atoms with Gasteiger partial charge in [0.25, 0.3) is 0 Å². The summed E-state index contributed by atoms with van der Waals surface area (Å²) in [7, 11) is 1.73. The standard InChI is InChI=1S/C13H19NO/c1-8-6-13(15-4)9(2)5-11(8)12-7-10(3)14-12/h5-6,10,12,14H,7H2,1-4H3. The molecule has 2 nitrogen and oxygen atoms in total. The van der Waals surface area contributed by atoms with Gasteiger partial charge in [0.15, 0.2) is 0 Å². The zero-order chi connectivity index (χ0) is 11.0. The summed E-state index contributed by atoms with van der Waals surface area (Å²) in [6, 6.07) is 5.59. The molecule has 1 aromatic carbocycles. The van der Waals surface area contributed by atoms with E-state index in [2.05, 4.69) is 38.2 Å². The molecule has 0 radical (unpaired) electrons. The molecule has 2 atom stereocenters. The molecule has 2 heteroatoms. The fourth-order valence-electron chi connectivity index (χ4n) is 2.30. The largest absolute Gasteiger partial charge is 0.496 e. The van der Waals surface area contributed by atoms with Gasteiger partial charge in [0, 0.05) is 12.1 Å². The van der Waals surface area contributed by atoms with Gasteiger partial charge in [-0.05, 0) is 49.9 Å². The number of hydrogen-bond donors (Lipinski definition) is 1. The first kappa shape index (κ1) is 10.5. The second kappa shape index (κ2) is 3.86. The first-order chi connectivity index (χ1) is 7.11. The number of hydrogen-bond acceptors (Lipinski definition) is 2. The molecule has 15 heavy (non-hydrogen) atoms. The summed E-state index contributed by atoms with van der Waals surface area (Å²) in [5, 5.41) is 3.52. The molecule has 2 rings (SSSR count). The first-order valence-corrected chi connectivity index (χ1v) is 5.53. The van der Waals surface area contributed by atoms with Crippen molar-refractivity contribution in [3.8, 4) is 5.75 Å². The zero-order valence-electron chi connectivity index (χ0n) is 9.92. The SMILES string of the molecule is COc1cc(C)c(C2CC(C)N2)cc1C. The number of nitrogens with one attached hydrogen (secondary N) is 1. The van der Waals surface area contributed by atoms with Gasteiger partial charge in [-0.3, -0.25) is 0 Å². The van der Waals surface area contributed by atoms with E-state index in [-0.39, 0.29) is 0 Å². The van der Waals surface area contributed by atoms with E-state index in [9.17, 15) is 0 Å². The van der Waals surface area contributed by atoms with Gasteiger partial charge in [-0.15, -0.1) is 0 Å². The highest BCUT2D eigenvalue weighted by Gasteiger charge is 2.27. The predicted molar refractivity (Wildman–Crippen MR) is 62.4 cm³/mol. The van der Waals surface area contributed by atoms with Crippen LogP contribution in [0.2, 0.25) is 0 Å². The van der Waals surface area contributed by atoms with Crippen LogP contribution in [0.1, 0.15) is 36.1 Å². The molecule has 82 valence electrons. The van der Waals surface area contributed by atoms with Crippen LogP contribution in [0.4, 0.5) is 0 Å². The van der Waals surface area contributed by atoms with Gasteiger partial charge < -0.3 is 10.1 Å². The lowest BCUT2D eigenvalue weighted by Crippen LogP contribution is -2.44. The second-order valence-electron chi connectivity index (χ2n) is 4.53. The van der Waals surface area contributed by atoms with E-state index in [0.29, 0.717) is 12.1 Å². The molecule has 1 heterocycles. The summed E-state index contributed by atoms with van der Waals surface area (Å²) in [5.74, 6) is 0.989. The summed E-state index contributed by atoms with van der Waals surface area (Å²) in [6.45, 7) is 6.48. The Kier molecular flexibility index (Phi) is 2.70. The Morgan fingerprint density at radius 1 is 1.27 bits per heavy atom. The average Bonchev–Trinajstić information content (AvgIpc) is 2.16. The van der Waals surface area contributed by atoms with Crippen LogP contribution in [0.5, 0.6) is 5.75 Å². The van der Waals surface area contributed by atoms with Gasteiger partial charge in [-0.1, -0.05) is 6.07 Å². The minimum atomic E-state index is 0.546. The lowest BCUT2D eigenvalue weighted by atomic mass is 9.88. The minimum absolute atomic E-state index is 0.546. The van der Waals surface area contributed by atoms with E-state index in [1.165, 1.54) is 23.1 Å². The van der Waals surface area contributed by atoms with Crippen LogP contribution in [0.25, 0.3) is 0 Å². The van der Waals surface area contributed by atoms with Crippen LogP contribution in [-0.2, 0) is 0 Å². The molecular weight excluding hydrogens is 186 g/mol. The molecule has 1 saturated heterocycles. The molecule has 1 aliphatic heterocycles. The van der Waals surface area contributed by atoms with Crippen molar-refractivity contribution in [1.82, 2.24) is 5.32 Å². The molecule has 0 saturated carbocycles. The highest BCUT2D eigenvalue weighted by atomic mass is 16.5. The fraction of sp³-hybridized carbons (Fsp3) is 0.538. The molecule has 1 fully saturated rings. The molecule has 2 unspecified atom stereocenters. The number of aryl methyl sites for hydroxylation is 2. The van der Waals surface area contributed by atoms with Crippen molar-refractivity contribution in [3.05, 3.63) is 28.8 Å². The van der Waals surface area contributed by atoms with E-state index in [1.54, 1.807) is 7.11 Å². The van der Waals surface area contributed by atoms with E-state index < -0.39 is 0 Å². The van der Waals surface area contributed by atoms with Crippen molar-refractivity contribution >= 4 is 0 Å². The summed E-state index contributed by atoms with van der Waals surface area (Å²) < 4.78 is 5.31. The molecule has 0 bridgehead atoms. The van der Waals surface area contributed by atoms with Gasteiger partial charge >= 0.3 is 0 Å². The molecule has 1 aliphatic rings. The van der Waals surface area contributed by atoms with Gasteiger partial charge in [-0.2, -0.15) is 0 Å². The number of benzene rings is 1. The van der Waals surface area contributed by atoms with Crippen molar-refractivity contribution in [2.45, 2.75) is 39.3 Å². The third kappa shape index (κ3) is 1.86.